The minimum absolute atomic E-state index is 0.0938. The Labute approximate surface area is 249 Å². The normalized spacial score (nSPS) is 15.3. The third-order valence-corrected chi connectivity index (χ3v) is 8.53. The maximum Gasteiger partial charge on any atom is 0.237 e. The molecule has 0 saturated carbocycles. The average molecular weight is 599 g/mol. The number of rotatable bonds is 9. The van der Waals surface area contributed by atoms with Gasteiger partial charge in [0.05, 0.1) is 22.7 Å². The molecule has 43 heavy (non-hydrogen) atoms. The van der Waals surface area contributed by atoms with Crippen LogP contribution in [0.1, 0.15) is 24.0 Å². The minimum atomic E-state index is -3.91. The van der Waals surface area contributed by atoms with Gasteiger partial charge in [-0.15, -0.1) is 0 Å². The van der Waals surface area contributed by atoms with Gasteiger partial charge in [0.1, 0.15) is 11.6 Å². The number of ether oxygens (including phenoxy) is 1. The highest BCUT2D eigenvalue weighted by Crippen LogP contribution is 2.39. The van der Waals surface area contributed by atoms with Crippen LogP contribution in [0.5, 0.6) is 11.6 Å². The standard InChI is InChI=1S/C32H31FN6O3S/c1-21-13-14-24-25(9-4-12-29(24)39-43(40,41)20-22-7-2-3-11-27(22)33)30(21)42-31-26(10-6-17-35-31)28-15-18-36-32(38-28)37-23-8-5-16-34-19-23/h2-4,6-7,9-15,17-18,23,34,39H,5,8,16,19-20H2,1H3,(H,36,37,38). The molecule has 1 unspecified atom stereocenters. The smallest absolute Gasteiger partial charge is 0.237 e. The first-order valence-corrected chi connectivity index (χ1v) is 15.7. The molecule has 1 atom stereocenters. The number of aryl methyl sites for hydroxylation is 1. The summed E-state index contributed by atoms with van der Waals surface area (Å²) in [5.74, 6) is 0.367. The van der Waals surface area contributed by atoms with E-state index < -0.39 is 21.6 Å². The van der Waals surface area contributed by atoms with E-state index in [9.17, 15) is 12.8 Å². The van der Waals surface area contributed by atoms with Gasteiger partial charge in [-0.2, -0.15) is 0 Å². The SMILES string of the molecule is Cc1ccc2c(NS(=O)(=O)Cc3ccccc3F)cccc2c1Oc1ncccc1-c1ccnc(NC2CCCNC2)n1. The zero-order valence-electron chi connectivity index (χ0n) is 23.5. The Kier molecular flexibility index (Phi) is 8.17. The van der Waals surface area contributed by atoms with Crippen LogP contribution in [0.3, 0.4) is 0 Å². The lowest BCUT2D eigenvalue weighted by Crippen LogP contribution is -2.38. The van der Waals surface area contributed by atoms with Crippen molar-refractivity contribution >= 4 is 32.4 Å². The predicted molar refractivity (Wildman–Crippen MR) is 166 cm³/mol. The summed E-state index contributed by atoms with van der Waals surface area (Å²) >= 11 is 0. The Morgan fingerprint density at radius 2 is 1.86 bits per heavy atom. The first kappa shape index (κ1) is 28.5. The van der Waals surface area contributed by atoms with Crippen molar-refractivity contribution in [1.29, 1.82) is 0 Å². The summed E-state index contributed by atoms with van der Waals surface area (Å²) in [5, 5.41) is 8.12. The van der Waals surface area contributed by atoms with Gasteiger partial charge in [-0.1, -0.05) is 42.5 Å². The molecule has 0 amide bonds. The van der Waals surface area contributed by atoms with E-state index in [1.165, 1.54) is 18.2 Å². The Balaban J connectivity index is 1.30. The molecule has 3 heterocycles. The molecule has 0 aliphatic carbocycles. The molecule has 220 valence electrons. The number of fused-ring (bicyclic) bond motifs is 1. The molecule has 5 aromatic rings. The molecule has 6 rings (SSSR count). The number of pyridine rings is 1. The molecule has 3 aromatic carbocycles. The van der Waals surface area contributed by atoms with Crippen molar-refractivity contribution < 1.29 is 17.5 Å². The zero-order chi connectivity index (χ0) is 29.8. The highest BCUT2D eigenvalue weighted by molar-refractivity contribution is 7.91. The molecule has 2 aromatic heterocycles. The third-order valence-electron chi connectivity index (χ3n) is 7.31. The van der Waals surface area contributed by atoms with Crippen LogP contribution in [-0.2, 0) is 15.8 Å². The number of benzene rings is 3. The maximum atomic E-state index is 14.2. The molecule has 0 bridgehead atoms. The van der Waals surface area contributed by atoms with Crippen LogP contribution in [0.15, 0.2) is 85.2 Å². The van der Waals surface area contributed by atoms with Crippen molar-refractivity contribution in [3.8, 4) is 22.9 Å². The molecule has 1 saturated heterocycles. The van der Waals surface area contributed by atoms with Crippen LogP contribution in [0, 0.1) is 12.7 Å². The van der Waals surface area contributed by atoms with E-state index in [2.05, 4.69) is 25.3 Å². The maximum absolute atomic E-state index is 14.2. The average Bonchev–Trinajstić information content (AvgIpc) is 3.00. The van der Waals surface area contributed by atoms with Crippen LogP contribution in [0.4, 0.5) is 16.0 Å². The van der Waals surface area contributed by atoms with E-state index in [1.807, 2.05) is 43.3 Å². The quantitative estimate of drug-likeness (QED) is 0.188. The number of sulfonamides is 1. The van der Waals surface area contributed by atoms with Gasteiger partial charge in [0.25, 0.3) is 0 Å². The lowest BCUT2D eigenvalue weighted by atomic mass is 10.0. The topological polar surface area (TPSA) is 118 Å². The minimum Gasteiger partial charge on any atom is -0.437 e. The molecule has 1 aliphatic heterocycles. The second-order valence-corrected chi connectivity index (χ2v) is 12.2. The monoisotopic (exact) mass is 598 g/mol. The Bertz CT molecular complexity index is 1880. The molecule has 11 heteroatoms. The second-order valence-electron chi connectivity index (χ2n) is 10.5. The Hall–Kier alpha value is -4.61. The van der Waals surface area contributed by atoms with Gasteiger partial charge in [-0.05, 0) is 62.2 Å². The number of nitrogens with zero attached hydrogens (tertiary/aromatic N) is 3. The Morgan fingerprint density at radius 1 is 0.977 bits per heavy atom. The highest BCUT2D eigenvalue weighted by atomic mass is 32.2. The van der Waals surface area contributed by atoms with Crippen molar-refractivity contribution in [3.05, 3.63) is 102 Å². The fourth-order valence-electron chi connectivity index (χ4n) is 5.19. The zero-order valence-corrected chi connectivity index (χ0v) is 24.4. The van der Waals surface area contributed by atoms with E-state index >= 15 is 0 Å². The fourth-order valence-corrected chi connectivity index (χ4v) is 6.42. The van der Waals surface area contributed by atoms with Gasteiger partial charge < -0.3 is 15.4 Å². The first-order valence-electron chi connectivity index (χ1n) is 14.1. The molecule has 9 nitrogen and oxygen atoms in total. The third kappa shape index (κ3) is 6.58. The largest absolute Gasteiger partial charge is 0.437 e. The predicted octanol–water partition coefficient (Wildman–Crippen LogP) is 6.04. The van der Waals surface area contributed by atoms with Gasteiger partial charge in [0.2, 0.25) is 21.9 Å². The highest BCUT2D eigenvalue weighted by Gasteiger charge is 2.19. The molecule has 0 spiro atoms. The molecular formula is C32H31FN6O3S. The molecular weight excluding hydrogens is 567 g/mol. The van der Waals surface area contributed by atoms with Gasteiger partial charge in [0, 0.05) is 41.3 Å². The number of nitrogens with one attached hydrogen (secondary N) is 3. The van der Waals surface area contributed by atoms with Crippen molar-refractivity contribution in [3.63, 3.8) is 0 Å². The van der Waals surface area contributed by atoms with Crippen molar-refractivity contribution in [2.45, 2.75) is 31.6 Å². The van der Waals surface area contributed by atoms with Gasteiger partial charge in [-0.3, -0.25) is 4.72 Å². The first-order chi connectivity index (χ1) is 20.9. The number of halogens is 1. The number of piperidine rings is 1. The van der Waals surface area contributed by atoms with Crippen LogP contribution in [0.2, 0.25) is 0 Å². The van der Waals surface area contributed by atoms with Crippen molar-refractivity contribution in [2.24, 2.45) is 0 Å². The number of hydrogen-bond donors (Lipinski definition) is 3. The van der Waals surface area contributed by atoms with Gasteiger partial charge >= 0.3 is 0 Å². The van der Waals surface area contributed by atoms with E-state index in [4.69, 9.17) is 9.72 Å². The number of anilines is 2. The molecule has 1 aliphatic rings. The lowest BCUT2D eigenvalue weighted by Gasteiger charge is -2.23. The lowest BCUT2D eigenvalue weighted by molar-refractivity contribution is 0.466. The van der Waals surface area contributed by atoms with Crippen LogP contribution < -0.4 is 20.1 Å². The van der Waals surface area contributed by atoms with Crippen molar-refractivity contribution in [2.75, 3.05) is 23.1 Å². The molecule has 1 fully saturated rings. The molecule has 3 N–H and O–H groups in total. The summed E-state index contributed by atoms with van der Waals surface area (Å²) < 4.78 is 49.3. The summed E-state index contributed by atoms with van der Waals surface area (Å²) in [6.07, 6.45) is 5.50. The van der Waals surface area contributed by atoms with Gasteiger partial charge in [-0.25, -0.2) is 27.8 Å². The summed E-state index contributed by atoms with van der Waals surface area (Å²) in [6, 6.07) is 20.6. The summed E-state index contributed by atoms with van der Waals surface area (Å²) in [4.78, 5) is 13.7. The van der Waals surface area contributed by atoms with Gasteiger partial charge in [0.15, 0.2) is 0 Å². The summed E-state index contributed by atoms with van der Waals surface area (Å²) in [6.45, 7) is 3.79. The van der Waals surface area contributed by atoms with Crippen LogP contribution >= 0.6 is 0 Å². The van der Waals surface area contributed by atoms with E-state index in [1.54, 1.807) is 30.6 Å². The summed E-state index contributed by atoms with van der Waals surface area (Å²) in [7, 11) is -3.91. The van der Waals surface area contributed by atoms with E-state index in [-0.39, 0.29) is 11.6 Å². The number of hydrogen-bond acceptors (Lipinski definition) is 8. The van der Waals surface area contributed by atoms with E-state index in [0.717, 1.165) is 31.5 Å². The summed E-state index contributed by atoms with van der Waals surface area (Å²) in [5.41, 5.74) is 2.64. The fraction of sp³-hybridized carbons (Fsp3) is 0.219. The van der Waals surface area contributed by atoms with Crippen molar-refractivity contribution in [1.82, 2.24) is 20.3 Å². The Morgan fingerprint density at radius 3 is 2.70 bits per heavy atom. The van der Waals surface area contributed by atoms with Crippen LogP contribution in [-0.4, -0.2) is 42.5 Å². The van der Waals surface area contributed by atoms with Crippen LogP contribution in [0.25, 0.3) is 22.0 Å². The number of aromatic nitrogens is 3. The van der Waals surface area contributed by atoms with E-state index in [0.29, 0.717) is 45.3 Å². The second kappa shape index (κ2) is 12.3. The molecule has 0 radical (unpaired) electrons.